The molecule has 2 heterocycles. The third-order valence-electron chi connectivity index (χ3n) is 4.61. The third-order valence-corrected chi connectivity index (χ3v) is 6.24. The fourth-order valence-corrected chi connectivity index (χ4v) is 4.32. The molecule has 1 aliphatic rings. The van der Waals surface area contributed by atoms with E-state index >= 15 is 0 Å². The van der Waals surface area contributed by atoms with E-state index in [1.54, 1.807) is 29.2 Å². The Morgan fingerprint density at radius 2 is 1.89 bits per heavy atom. The van der Waals surface area contributed by atoms with E-state index in [-0.39, 0.29) is 23.4 Å². The highest BCUT2D eigenvalue weighted by atomic mass is 32.2. The van der Waals surface area contributed by atoms with Gasteiger partial charge in [-0.3, -0.25) is 9.69 Å². The first-order chi connectivity index (χ1) is 13.2. The van der Waals surface area contributed by atoms with Gasteiger partial charge in [0.05, 0.1) is 16.8 Å². The molecule has 1 aromatic carbocycles. The molecule has 11 heteroatoms. The summed E-state index contributed by atoms with van der Waals surface area (Å²) in [5.74, 6) is -2.69. The number of aromatic nitrogens is 2. The Kier molecular flexibility index (Phi) is 6.56. The number of fused-ring (bicyclic) bond motifs is 1. The monoisotopic (exact) mass is 432 g/mol. The number of alkyl halides is 2. The van der Waals surface area contributed by atoms with Crippen molar-refractivity contribution in [1.82, 2.24) is 19.4 Å². The minimum absolute atomic E-state index is 0.0566. The Balaban J connectivity index is 1.65. The van der Waals surface area contributed by atoms with Crippen molar-refractivity contribution < 1.29 is 22.0 Å². The Bertz CT molecular complexity index is 941. The fraction of sp³-hybridized carbons (Fsp3) is 0.529. The molecule has 3 rings (SSSR count). The number of rotatable bonds is 7. The summed E-state index contributed by atoms with van der Waals surface area (Å²) in [5, 5.41) is 0.122. The van der Waals surface area contributed by atoms with Crippen LogP contribution in [0.25, 0.3) is 11.0 Å². The molecule has 7 nitrogen and oxygen atoms in total. The van der Waals surface area contributed by atoms with Gasteiger partial charge in [0.1, 0.15) is 16.4 Å². The van der Waals surface area contributed by atoms with Crippen LogP contribution in [-0.4, -0.2) is 84.2 Å². The Morgan fingerprint density at radius 1 is 1.21 bits per heavy atom. The number of sulfone groups is 1. The Morgan fingerprint density at radius 3 is 2.54 bits per heavy atom. The molecule has 1 aromatic heterocycles. The van der Waals surface area contributed by atoms with Crippen LogP contribution in [0.5, 0.6) is 0 Å². The van der Waals surface area contributed by atoms with E-state index in [0.29, 0.717) is 55.5 Å². The maximum Gasteiger partial charge on any atom is 0.291 e. The van der Waals surface area contributed by atoms with Crippen LogP contribution in [0.1, 0.15) is 0 Å². The normalized spacial score (nSPS) is 16.2. The highest BCUT2D eigenvalue weighted by Crippen LogP contribution is 2.28. The van der Waals surface area contributed by atoms with E-state index in [4.69, 9.17) is 0 Å². The van der Waals surface area contributed by atoms with Gasteiger partial charge in [0.15, 0.2) is 5.16 Å². The molecule has 0 bridgehead atoms. The Labute approximate surface area is 166 Å². The average molecular weight is 433 g/mol. The first kappa shape index (κ1) is 21.0. The predicted molar refractivity (Wildman–Crippen MR) is 104 cm³/mol. The third kappa shape index (κ3) is 5.42. The van der Waals surface area contributed by atoms with Crippen LogP contribution in [-0.2, 0) is 21.2 Å². The second-order valence-electron chi connectivity index (χ2n) is 6.70. The standard InChI is InChI=1S/C17H22F2N4O3S2/c1-28(25,26)11-10-21-6-8-22(9-7-21)15(24)12-23-14-5-3-2-4-13(14)20-17(23)27-16(18)19/h2-5,16H,6-12H2,1H3. The van der Waals surface area contributed by atoms with Gasteiger partial charge in [0.25, 0.3) is 5.76 Å². The number of benzene rings is 1. The van der Waals surface area contributed by atoms with Gasteiger partial charge >= 0.3 is 0 Å². The minimum Gasteiger partial charge on any atom is -0.339 e. The van der Waals surface area contributed by atoms with Gasteiger partial charge in [-0.25, -0.2) is 13.4 Å². The minimum atomic E-state index is -3.02. The van der Waals surface area contributed by atoms with Crippen LogP contribution in [0.4, 0.5) is 8.78 Å². The second-order valence-corrected chi connectivity index (χ2v) is 9.92. The van der Waals surface area contributed by atoms with Crippen molar-refractivity contribution in [2.75, 3.05) is 44.7 Å². The molecule has 1 aliphatic heterocycles. The number of nitrogens with zero attached hydrogens (tertiary/aromatic N) is 4. The Hall–Kier alpha value is -1.72. The molecule has 0 saturated carbocycles. The second kappa shape index (κ2) is 8.75. The van der Waals surface area contributed by atoms with Crippen LogP contribution in [0, 0.1) is 0 Å². The number of halogens is 2. The summed E-state index contributed by atoms with van der Waals surface area (Å²) in [6.07, 6.45) is 1.21. The molecule has 0 atom stereocenters. The van der Waals surface area contributed by atoms with E-state index in [1.807, 2.05) is 4.90 Å². The lowest BCUT2D eigenvalue weighted by Gasteiger charge is -2.34. The van der Waals surface area contributed by atoms with E-state index in [2.05, 4.69) is 4.98 Å². The molecular formula is C17H22F2N4O3S2. The number of hydrogen-bond donors (Lipinski definition) is 0. The summed E-state index contributed by atoms with van der Waals surface area (Å²) in [4.78, 5) is 20.7. The van der Waals surface area contributed by atoms with E-state index in [9.17, 15) is 22.0 Å². The number of piperazine rings is 1. The van der Waals surface area contributed by atoms with E-state index in [1.165, 1.54) is 10.8 Å². The molecule has 0 N–H and O–H groups in total. The van der Waals surface area contributed by atoms with Gasteiger partial charge in [-0.15, -0.1) is 0 Å². The zero-order valence-corrected chi connectivity index (χ0v) is 17.1. The van der Waals surface area contributed by atoms with Gasteiger partial charge in [-0.2, -0.15) is 8.78 Å². The lowest BCUT2D eigenvalue weighted by Crippen LogP contribution is -2.50. The smallest absolute Gasteiger partial charge is 0.291 e. The summed E-state index contributed by atoms with van der Waals surface area (Å²) in [5.41, 5.74) is 1.22. The zero-order chi connectivity index (χ0) is 20.3. The van der Waals surface area contributed by atoms with Crippen LogP contribution in [0.15, 0.2) is 29.4 Å². The number of thioether (sulfide) groups is 1. The predicted octanol–water partition coefficient (Wildman–Crippen LogP) is 1.54. The summed E-state index contributed by atoms with van der Waals surface area (Å²) in [6, 6.07) is 7.04. The molecule has 0 radical (unpaired) electrons. The molecule has 0 aliphatic carbocycles. The molecule has 1 saturated heterocycles. The first-order valence-electron chi connectivity index (χ1n) is 8.81. The SMILES string of the molecule is CS(=O)(=O)CCN1CCN(C(=O)Cn2c(SC(F)F)nc3ccccc32)CC1. The molecule has 1 fully saturated rings. The number of carbonyl (C=O) groups excluding carboxylic acids is 1. The number of carbonyl (C=O) groups is 1. The van der Waals surface area contributed by atoms with Crippen LogP contribution < -0.4 is 0 Å². The van der Waals surface area contributed by atoms with Crippen molar-refractivity contribution in [3.8, 4) is 0 Å². The maximum atomic E-state index is 12.9. The molecule has 1 amide bonds. The topological polar surface area (TPSA) is 75.5 Å². The van der Waals surface area contributed by atoms with Crippen molar-refractivity contribution in [2.45, 2.75) is 17.5 Å². The quantitative estimate of drug-likeness (QED) is 0.618. The van der Waals surface area contributed by atoms with Crippen molar-refractivity contribution in [3.05, 3.63) is 24.3 Å². The van der Waals surface area contributed by atoms with Gasteiger partial charge in [-0.05, 0) is 23.9 Å². The highest BCUT2D eigenvalue weighted by Gasteiger charge is 2.24. The highest BCUT2D eigenvalue weighted by molar-refractivity contribution is 7.99. The molecule has 0 unspecified atom stereocenters. The van der Waals surface area contributed by atoms with Gasteiger partial charge < -0.3 is 9.47 Å². The fourth-order valence-electron chi connectivity index (χ4n) is 3.13. The number of imidazole rings is 1. The van der Waals surface area contributed by atoms with Crippen LogP contribution >= 0.6 is 11.8 Å². The number of para-hydroxylation sites is 2. The van der Waals surface area contributed by atoms with E-state index in [0.717, 1.165) is 0 Å². The number of hydrogen-bond acceptors (Lipinski definition) is 6. The van der Waals surface area contributed by atoms with Crippen LogP contribution in [0.3, 0.4) is 0 Å². The first-order valence-corrected chi connectivity index (χ1v) is 11.7. The molecule has 2 aromatic rings. The largest absolute Gasteiger partial charge is 0.339 e. The number of amides is 1. The lowest BCUT2D eigenvalue weighted by atomic mass is 10.3. The van der Waals surface area contributed by atoms with Crippen LogP contribution in [0.2, 0.25) is 0 Å². The molecule has 0 spiro atoms. The van der Waals surface area contributed by atoms with Crippen molar-refractivity contribution in [2.24, 2.45) is 0 Å². The lowest BCUT2D eigenvalue weighted by molar-refractivity contribution is -0.133. The maximum absolute atomic E-state index is 12.9. The summed E-state index contributed by atoms with van der Waals surface area (Å²) in [6.45, 7) is 2.52. The summed E-state index contributed by atoms with van der Waals surface area (Å²) < 4.78 is 49.9. The molecular weight excluding hydrogens is 410 g/mol. The van der Waals surface area contributed by atoms with Gasteiger partial charge in [-0.1, -0.05) is 12.1 Å². The zero-order valence-electron chi connectivity index (χ0n) is 15.4. The van der Waals surface area contributed by atoms with Gasteiger partial charge in [0.2, 0.25) is 5.91 Å². The summed E-state index contributed by atoms with van der Waals surface area (Å²) >= 11 is 0.331. The van der Waals surface area contributed by atoms with E-state index < -0.39 is 15.6 Å². The van der Waals surface area contributed by atoms with Crippen molar-refractivity contribution >= 4 is 38.5 Å². The van der Waals surface area contributed by atoms with Crippen molar-refractivity contribution in [1.29, 1.82) is 0 Å². The molecule has 28 heavy (non-hydrogen) atoms. The average Bonchev–Trinajstić information content (AvgIpc) is 2.96. The summed E-state index contributed by atoms with van der Waals surface area (Å²) in [7, 11) is -3.02. The van der Waals surface area contributed by atoms with Crippen molar-refractivity contribution in [3.63, 3.8) is 0 Å². The molecule has 154 valence electrons. The van der Waals surface area contributed by atoms with Gasteiger partial charge in [0, 0.05) is 39.0 Å².